The highest BCUT2D eigenvalue weighted by atomic mass is 32.2. The summed E-state index contributed by atoms with van der Waals surface area (Å²) in [5.41, 5.74) is 0.887. The first-order valence-corrected chi connectivity index (χ1v) is 7.69. The molecule has 0 amide bonds. The third kappa shape index (κ3) is 2.96. The summed E-state index contributed by atoms with van der Waals surface area (Å²) >= 11 is 0. The minimum Gasteiger partial charge on any atom is -0.294 e. The molecule has 0 radical (unpaired) electrons. The standard InChI is InChI=1S/C13H15FO3S/c1-9-6-11(2-3-12(9)14)13(15)7-10-4-5-18(16,17)8-10/h2-3,6,10H,4-5,7-8H2,1H3. The first-order chi connectivity index (χ1) is 8.37. The zero-order chi connectivity index (χ0) is 13.3. The van der Waals surface area contributed by atoms with Crippen LogP contribution < -0.4 is 0 Å². The molecule has 0 N–H and O–H groups in total. The van der Waals surface area contributed by atoms with Crippen molar-refractivity contribution in [2.24, 2.45) is 5.92 Å². The monoisotopic (exact) mass is 270 g/mol. The number of sulfone groups is 1. The van der Waals surface area contributed by atoms with Crippen LogP contribution in [0.5, 0.6) is 0 Å². The minimum atomic E-state index is -2.95. The Bertz CT molecular complexity index is 578. The molecule has 5 heteroatoms. The molecule has 1 fully saturated rings. The number of carbonyl (C=O) groups excluding carboxylic acids is 1. The molecule has 98 valence electrons. The van der Waals surface area contributed by atoms with Crippen LogP contribution in [0.25, 0.3) is 0 Å². The lowest BCUT2D eigenvalue weighted by Gasteiger charge is -2.07. The van der Waals surface area contributed by atoms with E-state index in [0.717, 1.165) is 0 Å². The van der Waals surface area contributed by atoms with E-state index >= 15 is 0 Å². The van der Waals surface area contributed by atoms with Gasteiger partial charge >= 0.3 is 0 Å². The van der Waals surface area contributed by atoms with Crippen molar-refractivity contribution < 1.29 is 17.6 Å². The predicted molar refractivity (Wildman–Crippen MR) is 66.8 cm³/mol. The summed E-state index contributed by atoms with van der Waals surface area (Å²) < 4.78 is 35.7. The molecule has 2 rings (SSSR count). The summed E-state index contributed by atoms with van der Waals surface area (Å²) in [5, 5.41) is 0. The maximum Gasteiger partial charge on any atom is 0.163 e. The zero-order valence-electron chi connectivity index (χ0n) is 10.1. The largest absolute Gasteiger partial charge is 0.294 e. The first kappa shape index (κ1) is 13.2. The maximum absolute atomic E-state index is 13.1. The molecule has 0 bridgehead atoms. The number of hydrogen-bond acceptors (Lipinski definition) is 3. The fourth-order valence-electron chi connectivity index (χ4n) is 2.23. The van der Waals surface area contributed by atoms with Gasteiger partial charge in [-0.3, -0.25) is 4.79 Å². The second kappa shape index (κ2) is 4.80. The van der Waals surface area contributed by atoms with E-state index in [9.17, 15) is 17.6 Å². The summed E-state index contributed by atoms with van der Waals surface area (Å²) in [4.78, 5) is 12.0. The average molecular weight is 270 g/mol. The number of aryl methyl sites for hydroxylation is 1. The molecule has 3 nitrogen and oxygen atoms in total. The van der Waals surface area contributed by atoms with Crippen LogP contribution in [0.4, 0.5) is 4.39 Å². The number of rotatable bonds is 3. The van der Waals surface area contributed by atoms with E-state index in [1.807, 2.05) is 0 Å². The van der Waals surface area contributed by atoms with Crippen LogP contribution >= 0.6 is 0 Å². The molecular formula is C13H15FO3S. The molecule has 18 heavy (non-hydrogen) atoms. The highest BCUT2D eigenvalue weighted by molar-refractivity contribution is 7.91. The number of hydrogen-bond donors (Lipinski definition) is 0. The van der Waals surface area contributed by atoms with Crippen LogP contribution in [0, 0.1) is 18.7 Å². The molecule has 0 saturated carbocycles. The molecule has 1 heterocycles. The number of Topliss-reactive ketones (excluding diaryl/α,β-unsaturated/α-hetero) is 1. The fraction of sp³-hybridized carbons (Fsp3) is 0.462. The van der Waals surface area contributed by atoms with Crippen molar-refractivity contribution in [1.82, 2.24) is 0 Å². The normalized spacial score (nSPS) is 22.0. The summed E-state index contributed by atoms with van der Waals surface area (Å²) in [5.74, 6) is -0.269. The van der Waals surface area contributed by atoms with Crippen molar-refractivity contribution in [3.63, 3.8) is 0 Å². The summed E-state index contributed by atoms with van der Waals surface area (Å²) in [6.07, 6.45) is 0.776. The van der Waals surface area contributed by atoms with E-state index in [0.29, 0.717) is 17.5 Å². The fourth-order valence-corrected chi connectivity index (χ4v) is 4.09. The average Bonchev–Trinajstić information content (AvgIpc) is 2.62. The highest BCUT2D eigenvalue weighted by Gasteiger charge is 2.29. The quantitative estimate of drug-likeness (QED) is 0.791. The van der Waals surface area contributed by atoms with Crippen molar-refractivity contribution >= 4 is 15.6 Å². The molecule has 0 aromatic heterocycles. The van der Waals surface area contributed by atoms with Gasteiger partial charge in [0.05, 0.1) is 11.5 Å². The second-order valence-corrected chi connectivity index (χ2v) is 7.09. The SMILES string of the molecule is Cc1cc(C(=O)CC2CCS(=O)(=O)C2)ccc1F. The summed E-state index contributed by atoms with van der Waals surface area (Å²) in [6, 6.07) is 4.24. The predicted octanol–water partition coefficient (Wildman–Crippen LogP) is 2.14. The van der Waals surface area contributed by atoms with Crippen molar-refractivity contribution in [3.05, 3.63) is 35.1 Å². The maximum atomic E-state index is 13.1. The van der Waals surface area contributed by atoms with E-state index in [4.69, 9.17) is 0 Å². The molecular weight excluding hydrogens is 255 g/mol. The van der Waals surface area contributed by atoms with Gasteiger partial charge in [-0.15, -0.1) is 0 Å². The molecule has 1 aromatic carbocycles. The highest BCUT2D eigenvalue weighted by Crippen LogP contribution is 2.23. The lowest BCUT2D eigenvalue weighted by Crippen LogP contribution is -2.11. The van der Waals surface area contributed by atoms with Crippen molar-refractivity contribution in [2.45, 2.75) is 19.8 Å². The third-order valence-corrected chi connectivity index (χ3v) is 5.12. The van der Waals surface area contributed by atoms with Crippen LogP contribution in [0.2, 0.25) is 0 Å². The first-order valence-electron chi connectivity index (χ1n) is 5.87. The van der Waals surface area contributed by atoms with Crippen molar-refractivity contribution in [1.29, 1.82) is 0 Å². The number of halogens is 1. The Kier molecular flexibility index (Phi) is 3.52. The van der Waals surface area contributed by atoms with Gasteiger partial charge in [-0.05, 0) is 43.0 Å². The Morgan fingerprint density at radius 3 is 2.72 bits per heavy atom. The molecule has 1 aliphatic heterocycles. The Morgan fingerprint density at radius 2 is 2.17 bits per heavy atom. The number of ketones is 1. The van der Waals surface area contributed by atoms with Gasteiger partial charge in [-0.2, -0.15) is 0 Å². The van der Waals surface area contributed by atoms with Crippen LogP contribution in [0.1, 0.15) is 28.8 Å². The van der Waals surface area contributed by atoms with Crippen LogP contribution in [-0.2, 0) is 9.84 Å². The Labute approximate surface area is 106 Å². The lowest BCUT2D eigenvalue weighted by molar-refractivity contribution is 0.0965. The smallest absolute Gasteiger partial charge is 0.163 e. The van der Waals surface area contributed by atoms with Gasteiger partial charge in [0, 0.05) is 12.0 Å². The van der Waals surface area contributed by atoms with E-state index < -0.39 is 9.84 Å². The van der Waals surface area contributed by atoms with Crippen molar-refractivity contribution in [2.75, 3.05) is 11.5 Å². The van der Waals surface area contributed by atoms with Gasteiger partial charge in [0.25, 0.3) is 0 Å². The van der Waals surface area contributed by atoms with Gasteiger partial charge in [-0.25, -0.2) is 12.8 Å². The zero-order valence-corrected chi connectivity index (χ0v) is 11.0. The topological polar surface area (TPSA) is 51.2 Å². The molecule has 0 spiro atoms. The van der Waals surface area contributed by atoms with E-state index in [2.05, 4.69) is 0 Å². The number of benzene rings is 1. The minimum absolute atomic E-state index is 0.0899. The Hall–Kier alpha value is -1.23. The lowest BCUT2D eigenvalue weighted by atomic mass is 9.97. The Morgan fingerprint density at radius 1 is 1.44 bits per heavy atom. The molecule has 1 atom stereocenters. The van der Waals surface area contributed by atoms with E-state index in [1.165, 1.54) is 18.2 Å². The second-order valence-electron chi connectivity index (χ2n) is 4.86. The van der Waals surface area contributed by atoms with Gasteiger partial charge in [0.15, 0.2) is 15.6 Å². The van der Waals surface area contributed by atoms with Crippen LogP contribution in [-0.4, -0.2) is 25.7 Å². The van der Waals surface area contributed by atoms with Crippen LogP contribution in [0.3, 0.4) is 0 Å². The summed E-state index contributed by atoms with van der Waals surface area (Å²) in [7, 11) is -2.95. The third-order valence-electron chi connectivity index (χ3n) is 3.28. The molecule has 1 aromatic rings. The van der Waals surface area contributed by atoms with Gasteiger partial charge in [-0.1, -0.05) is 0 Å². The molecule has 0 aliphatic carbocycles. The van der Waals surface area contributed by atoms with E-state index in [1.54, 1.807) is 6.92 Å². The van der Waals surface area contributed by atoms with Crippen molar-refractivity contribution in [3.8, 4) is 0 Å². The summed E-state index contributed by atoms with van der Waals surface area (Å²) in [6.45, 7) is 1.60. The molecule has 1 aliphatic rings. The molecule has 1 saturated heterocycles. The number of carbonyl (C=O) groups is 1. The Balaban J connectivity index is 2.06. The van der Waals surface area contributed by atoms with Crippen LogP contribution in [0.15, 0.2) is 18.2 Å². The molecule has 1 unspecified atom stereocenters. The van der Waals surface area contributed by atoms with E-state index in [-0.39, 0.29) is 35.4 Å². The van der Waals surface area contributed by atoms with Gasteiger partial charge in [0.2, 0.25) is 0 Å². The van der Waals surface area contributed by atoms with Gasteiger partial charge in [0.1, 0.15) is 5.82 Å². The van der Waals surface area contributed by atoms with Gasteiger partial charge < -0.3 is 0 Å².